The second-order valence-corrected chi connectivity index (χ2v) is 6.31. The van der Waals surface area contributed by atoms with Crippen LogP contribution in [0.25, 0.3) is 10.8 Å². The van der Waals surface area contributed by atoms with E-state index in [1.54, 1.807) is 24.7 Å². The van der Waals surface area contributed by atoms with Crippen LogP contribution in [0.5, 0.6) is 0 Å². The fourth-order valence-corrected chi connectivity index (χ4v) is 3.49. The van der Waals surface area contributed by atoms with Gasteiger partial charge in [-0.15, -0.1) is 36.2 Å². The van der Waals surface area contributed by atoms with Crippen LogP contribution in [-0.4, -0.2) is 42.2 Å². The lowest BCUT2D eigenvalue weighted by atomic mass is 9.99. The van der Waals surface area contributed by atoms with Gasteiger partial charge in [0.25, 0.3) is 0 Å². The maximum absolute atomic E-state index is 5.91. The molecule has 2 N–H and O–H groups in total. The van der Waals surface area contributed by atoms with Gasteiger partial charge in [-0.3, -0.25) is 4.90 Å². The molecule has 8 heteroatoms. The highest BCUT2D eigenvalue weighted by atomic mass is 35.5. The summed E-state index contributed by atoms with van der Waals surface area (Å²) in [6.45, 7) is 2.42. The number of aromatic nitrogens is 1. The number of hydrogen-bond acceptors (Lipinski definition) is 6. The molecular formula is C15H23Cl2N3O2S. The van der Waals surface area contributed by atoms with Crippen LogP contribution in [0.2, 0.25) is 0 Å². The van der Waals surface area contributed by atoms with E-state index >= 15 is 0 Å². The third-order valence-electron chi connectivity index (χ3n) is 4.04. The van der Waals surface area contributed by atoms with Crippen LogP contribution >= 0.6 is 36.2 Å². The molecule has 0 aliphatic carbocycles. The smallest absolute Gasteiger partial charge is 0.236 e. The Bertz CT molecular complexity index is 565. The lowest BCUT2D eigenvalue weighted by Gasteiger charge is -2.37. The number of hydrogen-bond donors (Lipinski definition) is 1. The predicted molar refractivity (Wildman–Crippen MR) is 97.6 cm³/mol. The molecule has 3 rings (SSSR count). The molecule has 0 aromatic carbocycles. The zero-order chi connectivity index (χ0) is 14.7. The number of rotatable bonds is 5. The number of oxazole rings is 1. The van der Waals surface area contributed by atoms with Crippen molar-refractivity contribution < 1.29 is 9.15 Å². The van der Waals surface area contributed by atoms with Gasteiger partial charge in [0.2, 0.25) is 5.89 Å². The minimum absolute atomic E-state index is 0. The highest BCUT2D eigenvalue weighted by molar-refractivity contribution is 7.13. The minimum Gasteiger partial charge on any atom is -0.444 e. The van der Waals surface area contributed by atoms with E-state index in [1.807, 2.05) is 17.5 Å². The average molecular weight is 380 g/mol. The zero-order valence-corrected chi connectivity index (χ0v) is 15.5. The van der Waals surface area contributed by atoms with Crippen LogP contribution in [0, 0.1) is 0 Å². The van der Waals surface area contributed by atoms with Gasteiger partial charge in [0.15, 0.2) is 0 Å². The molecule has 0 amide bonds. The first kappa shape index (κ1) is 20.4. The molecule has 1 aliphatic rings. The van der Waals surface area contributed by atoms with Crippen LogP contribution in [0.15, 0.2) is 28.2 Å². The molecule has 130 valence electrons. The normalized spacial score (nSPS) is 21.5. The number of nitrogens with zero attached hydrogens (tertiary/aromatic N) is 2. The Hall–Kier alpha value is -0.630. The zero-order valence-electron chi connectivity index (χ0n) is 13.0. The highest BCUT2D eigenvalue weighted by Crippen LogP contribution is 2.25. The molecular weight excluding hydrogens is 357 g/mol. The lowest BCUT2D eigenvalue weighted by molar-refractivity contribution is 0.00978. The second-order valence-electron chi connectivity index (χ2n) is 5.36. The van der Waals surface area contributed by atoms with Crippen LogP contribution in [0.4, 0.5) is 0 Å². The first-order valence-electron chi connectivity index (χ1n) is 7.25. The van der Waals surface area contributed by atoms with E-state index in [4.69, 9.17) is 14.9 Å². The van der Waals surface area contributed by atoms with Gasteiger partial charge in [-0.1, -0.05) is 6.07 Å². The summed E-state index contributed by atoms with van der Waals surface area (Å²) in [6.07, 6.45) is 4.12. The van der Waals surface area contributed by atoms with Crippen molar-refractivity contribution in [3.05, 3.63) is 29.5 Å². The van der Waals surface area contributed by atoms with Crippen molar-refractivity contribution in [2.45, 2.75) is 31.5 Å². The van der Waals surface area contributed by atoms with Crippen molar-refractivity contribution >= 4 is 36.2 Å². The molecule has 2 unspecified atom stereocenters. The molecule has 1 fully saturated rings. The van der Waals surface area contributed by atoms with Gasteiger partial charge in [-0.05, 0) is 24.3 Å². The third kappa shape index (κ3) is 4.92. The average Bonchev–Trinajstić information content (AvgIpc) is 3.18. The van der Waals surface area contributed by atoms with E-state index in [0.717, 1.165) is 36.5 Å². The van der Waals surface area contributed by atoms with Crippen molar-refractivity contribution in [2.75, 3.05) is 20.2 Å². The SMILES string of the molecule is COC1CCN(Cc2coc(-c3cccs3)n2)C(CN)C1.Cl.Cl. The largest absolute Gasteiger partial charge is 0.444 e. The molecule has 1 saturated heterocycles. The monoisotopic (exact) mass is 379 g/mol. The second kappa shape index (κ2) is 9.61. The number of likely N-dealkylation sites (tertiary alicyclic amines) is 1. The van der Waals surface area contributed by atoms with Crippen LogP contribution < -0.4 is 5.73 Å². The van der Waals surface area contributed by atoms with Crippen molar-refractivity contribution in [3.63, 3.8) is 0 Å². The third-order valence-corrected chi connectivity index (χ3v) is 4.90. The number of nitrogens with two attached hydrogens (primary N) is 1. The predicted octanol–water partition coefficient (Wildman–Crippen LogP) is 3.18. The maximum Gasteiger partial charge on any atom is 0.236 e. The standard InChI is InChI=1S/C15H21N3O2S.2ClH/c1-19-13-4-5-18(12(7-13)8-16)9-11-10-20-15(17-11)14-3-2-6-21-14;;/h2-3,6,10,12-13H,4-5,7-9,16H2,1H3;2*1H. The fraction of sp³-hybridized carbons (Fsp3) is 0.533. The summed E-state index contributed by atoms with van der Waals surface area (Å²) in [7, 11) is 1.78. The molecule has 2 aromatic rings. The van der Waals surface area contributed by atoms with Gasteiger partial charge in [-0.25, -0.2) is 4.98 Å². The van der Waals surface area contributed by atoms with Gasteiger partial charge in [0.1, 0.15) is 6.26 Å². The molecule has 2 atom stereocenters. The molecule has 0 radical (unpaired) electrons. The van der Waals surface area contributed by atoms with Gasteiger partial charge in [0, 0.05) is 32.8 Å². The molecule has 0 bridgehead atoms. The summed E-state index contributed by atoms with van der Waals surface area (Å²) < 4.78 is 11.0. The van der Waals surface area contributed by atoms with Crippen LogP contribution in [0.3, 0.4) is 0 Å². The number of thiophene rings is 1. The van der Waals surface area contributed by atoms with Gasteiger partial charge in [0.05, 0.1) is 16.7 Å². The Kier molecular flexibility index (Phi) is 8.53. The van der Waals surface area contributed by atoms with Gasteiger partial charge >= 0.3 is 0 Å². The Labute approximate surface area is 153 Å². The summed E-state index contributed by atoms with van der Waals surface area (Å²) in [5.41, 5.74) is 6.87. The van der Waals surface area contributed by atoms with Crippen molar-refractivity contribution in [3.8, 4) is 10.8 Å². The van der Waals surface area contributed by atoms with Crippen LogP contribution in [-0.2, 0) is 11.3 Å². The fourth-order valence-electron chi connectivity index (χ4n) is 2.83. The van der Waals surface area contributed by atoms with Gasteiger partial charge < -0.3 is 14.9 Å². The minimum atomic E-state index is 0. The van der Waals surface area contributed by atoms with E-state index in [2.05, 4.69) is 9.88 Å². The van der Waals surface area contributed by atoms with E-state index in [1.165, 1.54) is 0 Å². The number of ether oxygens (including phenoxy) is 1. The molecule has 0 spiro atoms. The quantitative estimate of drug-likeness (QED) is 0.863. The molecule has 1 aliphatic heterocycles. The Morgan fingerprint density at radius 1 is 1.48 bits per heavy atom. The summed E-state index contributed by atoms with van der Waals surface area (Å²) in [6, 6.07) is 4.38. The summed E-state index contributed by atoms with van der Waals surface area (Å²) in [5, 5.41) is 2.03. The molecule has 23 heavy (non-hydrogen) atoms. The van der Waals surface area contributed by atoms with Crippen molar-refractivity contribution in [2.24, 2.45) is 5.73 Å². The number of methoxy groups -OCH3 is 1. The Morgan fingerprint density at radius 2 is 2.30 bits per heavy atom. The molecule has 3 heterocycles. The summed E-state index contributed by atoms with van der Waals surface area (Å²) in [5.74, 6) is 0.705. The van der Waals surface area contributed by atoms with Crippen molar-refractivity contribution in [1.29, 1.82) is 0 Å². The first-order chi connectivity index (χ1) is 10.3. The summed E-state index contributed by atoms with van der Waals surface area (Å²) in [4.78, 5) is 8.03. The van der Waals surface area contributed by atoms with Crippen LogP contribution in [0.1, 0.15) is 18.5 Å². The van der Waals surface area contributed by atoms with E-state index < -0.39 is 0 Å². The molecule has 2 aromatic heterocycles. The van der Waals surface area contributed by atoms with E-state index in [-0.39, 0.29) is 24.8 Å². The molecule has 5 nitrogen and oxygen atoms in total. The lowest BCUT2D eigenvalue weighted by Crippen LogP contribution is -2.48. The topological polar surface area (TPSA) is 64.5 Å². The Morgan fingerprint density at radius 3 is 2.96 bits per heavy atom. The van der Waals surface area contributed by atoms with E-state index in [0.29, 0.717) is 24.6 Å². The first-order valence-corrected chi connectivity index (χ1v) is 8.13. The number of piperidine rings is 1. The molecule has 0 saturated carbocycles. The summed E-state index contributed by atoms with van der Waals surface area (Å²) >= 11 is 1.64. The van der Waals surface area contributed by atoms with Gasteiger partial charge in [-0.2, -0.15) is 0 Å². The highest BCUT2D eigenvalue weighted by Gasteiger charge is 2.28. The van der Waals surface area contributed by atoms with E-state index in [9.17, 15) is 0 Å². The van der Waals surface area contributed by atoms with Crippen molar-refractivity contribution in [1.82, 2.24) is 9.88 Å². The number of halogens is 2. The maximum atomic E-state index is 5.91. The Balaban J connectivity index is 0.00000132.